The lowest BCUT2D eigenvalue weighted by Gasteiger charge is -2.10. The fraction of sp³-hybridized carbons (Fsp3) is 0.222. The van der Waals surface area contributed by atoms with Crippen molar-refractivity contribution < 1.29 is 4.42 Å². The zero-order valence-electron chi connectivity index (χ0n) is 13.6. The highest BCUT2D eigenvalue weighted by Gasteiger charge is 2.19. The summed E-state index contributed by atoms with van der Waals surface area (Å²) in [6, 6.07) is 13.8. The van der Waals surface area contributed by atoms with Crippen LogP contribution in [-0.2, 0) is 0 Å². The summed E-state index contributed by atoms with van der Waals surface area (Å²) in [5.41, 5.74) is 3.29. The lowest BCUT2D eigenvalue weighted by atomic mass is 10.1. The molecule has 5 nitrogen and oxygen atoms in total. The van der Waals surface area contributed by atoms with Crippen molar-refractivity contribution >= 4 is 11.8 Å². The molecule has 3 rings (SSSR count). The predicted molar refractivity (Wildman–Crippen MR) is 92.4 cm³/mol. The number of rotatable bonds is 4. The van der Waals surface area contributed by atoms with Crippen LogP contribution in [0.2, 0.25) is 0 Å². The van der Waals surface area contributed by atoms with Gasteiger partial charge in [0.1, 0.15) is 11.1 Å². The van der Waals surface area contributed by atoms with E-state index in [0.717, 1.165) is 16.8 Å². The summed E-state index contributed by atoms with van der Waals surface area (Å²) in [5.74, 6) is 1.01. The van der Waals surface area contributed by atoms with Gasteiger partial charge in [-0.2, -0.15) is 5.26 Å². The van der Waals surface area contributed by atoms with Gasteiger partial charge in [-0.15, -0.1) is 10.2 Å². The van der Waals surface area contributed by atoms with Gasteiger partial charge in [-0.3, -0.25) is 0 Å². The largest absolute Gasteiger partial charge is 0.419 e. The van der Waals surface area contributed by atoms with Gasteiger partial charge in [0.05, 0.1) is 10.8 Å². The van der Waals surface area contributed by atoms with E-state index in [0.29, 0.717) is 22.4 Å². The smallest absolute Gasteiger partial charge is 0.247 e. The minimum atomic E-state index is -0.101. The Bertz CT molecular complexity index is 899. The first-order valence-corrected chi connectivity index (χ1v) is 8.40. The van der Waals surface area contributed by atoms with Crippen LogP contribution < -0.4 is 0 Å². The molecule has 6 heteroatoms. The maximum Gasteiger partial charge on any atom is 0.247 e. The molecule has 0 saturated carbocycles. The quantitative estimate of drug-likeness (QED) is 0.654. The summed E-state index contributed by atoms with van der Waals surface area (Å²) in [7, 11) is 0. The molecule has 0 radical (unpaired) electrons. The SMILES string of the molecule is Cc1cc(C)c(C#N)c(S[C@@H](C)c2nnc(-c3ccccc3)o2)n1. The molecular formula is C18H16N4OS. The van der Waals surface area contributed by atoms with Crippen LogP contribution in [0.1, 0.15) is 34.9 Å². The zero-order valence-corrected chi connectivity index (χ0v) is 14.5. The van der Waals surface area contributed by atoms with Crippen molar-refractivity contribution in [2.75, 3.05) is 0 Å². The Balaban J connectivity index is 1.85. The number of pyridine rings is 1. The minimum absolute atomic E-state index is 0.101. The fourth-order valence-electron chi connectivity index (χ4n) is 2.34. The second-order valence-electron chi connectivity index (χ2n) is 5.44. The summed E-state index contributed by atoms with van der Waals surface area (Å²) >= 11 is 1.45. The van der Waals surface area contributed by atoms with Gasteiger partial charge in [-0.05, 0) is 44.5 Å². The van der Waals surface area contributed by atoms with Crippen molar-refractivity contribution in [2.24, 2.45) is 0 Å². The van der Waals surface area contributed by atoms with Crippen molar-refractivity contribution in [1.82, 2.24) is 15.2 Å². The third-order valence-electron chi connectivity index (χ3n) is 3.52. The van der Waals surface area contributed by atoms with Gasteiger partial charge in [-0.25, -0.2) is 4.98 Å². The molecule has 0 N–H and O–H groups in total. The fourth-order valence-corrected chi connectivity index (χ4v) is 3.39. The number of hydrogen-bond donors (Lipinski definition) is 0. The number of nitrogens with zero attached hydrogens (tertiary/aromatic N) is 4. The Morgan fingerprint density at radius 1 is 1.17 bits per heavy atom. The molecule has 2 heterocycles. The third-order valence-corrected chi connectivity index (χ3v) is 4.59. The topological polar surface area (TPSA) is 75.6 Å². The molecule has 2 aromatic heterocycles. The van der Waals surface area contributed by atoms with E-state index in [9.17, 15) is 5.26 Å². The molecule has 0 amide bonds. The zero-order chi connectivity index (χ0) is 17.1. The molecule has 1 atom stereocenters. The highest BCUT2D eigenvalue weighted by atomic mass is 32.2. The monoisotopic (exact) mass is 336 g/mol. The lowest BCUT2D eigenvalue weighted by molar-refractivity contribution is 0.509. The summed E-state index contributed by atoms with van der Waals surface area (Å²) < 4.78 is 5.78. The molecule has 1 aromatic carbocycles. The van der Waals surface area contributed by atoms with Gasteiger partial charge in [0.25, 0.3) is 0 Å². The molecule has 24 heavy (non-hydrogen) atoms. The number of benzene rings is 1. The van der Waals surface area contributed by atoms with Crippen molar-refractivity contribution in [1.29, 1.82) is 5.26 Å². The second kappa shape index (κ2) is 6.85. The van der Waals surface area contributed by atoms with Gasteiger partial charge in [-0.1, -0.05) is 30.0 Å². The first kappa shape index (κ1) is 16.2. The van der Waals surface area contributed by atoms with Gasteiger partial charge in [0.2, 0.25) is 11.8 Å². The molecular weight excluding hydrogens is 320 g/mol. The second-order valence-corrected chi connectivity index (χ2v) is 6.77. The summed E-state index contributed by atoms with van der Waals surface area (Å²) in [6.07, 6.45) is 0. The van der Waals surface area contributed by atoms with Crippen molar-refractivity contribution in [2.45, 2.75) is 31.0 Å². The van der Waals surface area contributed by atoms with Crippen molar-refractivity contribution in [3.8, 4) is 17.5 Å². The first-order valence-electron chi connectivity index (χ1n) is 7.52. The highest BCUT2D eigenvalue weighted by Crippen LogP contribution is 2.36. The van der Waals surface area contributed by atoms with Crippen LogP contribution in [0.3, 0.4) is 0 Å². The van der Waals surface area contributed by atoms with Gasteiger partial charge >= 0.3 is 0 Å². The summed E-state index contributed by atoms with van der Waals surface area (Å²) in [4.78, 5) is 4.49. The molecule has 0 saturated heterocycles. The molecule has 0 spiro atoms. The van der Waals surface area contributed by atoms with Crippen LogP contribution in [0.25, 0.3) is 11.5 Å². The van der Waals surface area contributed by atoms with E-state index in [1.807, 2.05) is 57.2 Å². The lowest BCUT2D eigenvalue weighted by Crippen LogP contribution is -1.97. The van der Waals surface area contributed by atoms with Crippen LogP contribution >= 0.6 is 11.8 Å². The maximum atomic E-state index is 9.37. The van der Waals surface area contributed by atoms with Crippen molar-refractivity contribution in [3.05, 3.63) is 59.1 Å². The van der Waals surface area contributed by atoms with Gasteiger partial charge in [0, 0.05) is 11.3 Å². The minimum Gasteiger partial charge on any atom is -0.419 e. The van der Waals surface area contributed by atoms with E-state index in [2.05, 4.69) is 21.3 Å². The maximum absolute atomic E-state index is 9.37. The van der Waals surface area contributed by atoms with E-state index in [4.69, 9.17) is 4.42 Å². The summed E-state index contributed by atoms with van der Waals surface area (Å²) in [6.45, 7) is 5.80. The Morgan fingerprint density at radius 2 is 1.92 bits per heavy atom. The van der Waals surface area contributed by atoms with Crippen LogP contribution in [0.15, 0.2) is 45.8 Å². The van der Waals surface area contributed by atoms with Crippen LogP contribution in [0.5, 0.6) is 0 Å². The van der Waals surface area contributed by atoms with Gasteiger partial charge in [0.15, 0.2) is 0 Å². The standard InChI is InChI=1S/C18H16N4OS/c1-11-9-12(2)20-18(15(11)10-19)24-13(3)16-21-22-17(23-16)14-7-5-4-6-8-14/h4-9,13H,1-3H3/t13-/m0/s1. The molecule has 0 unspecified atom stereocenters. The van der Waals surface area contributed by atoms with Gasteiger partial charge < -0.3 is 4.42 Å². The number of hydrogen-bond acceptors (Lipinski definition) is 6. The third kappa shape index (κ3) is 3.31. The van der Waals surface area contributed by atoms with Crippen LogP contribution in [-0.4, -0.2) is 15.2 Å². The van der Waals surface area contributed by atoms with E-state index >= 15 is 0 Å². The molecule has 120 valence electrons. The molecule has 0 aliphatic rings. The molecule has 0 bridgehead atoms. The van der Waals surface area contributed by atoms with E-state index < -0.39 is 0 Å². The normalized spacial score (nSPS) is 11.9. The Labute approximate surface area is 144 Å². The summed E-state index contributed by atoms with van der Waals surface area (Å²) in [5, 5.41) is 18.2. The average Bonchev–Trinajstić information content (AvgIpc) is 3.05. The van der Waals surface area contributed by atoms with E-state index in [1.165, 1.54) is 11.8 Å². The predicted octanol–water partition coefficient (Wildman–Crippen LogP) is 4.47. The van der Waals surface area contributed by atoms with E-state index in [1.54, 1.807) is 0 Å². The van der Waals surface area contributed by atoms with E-state index in [-0.39, 0.29) is 5.25 Å². The molecule has 0 aliphatic heterocycles. The number of aromatic nitrogens is 3. The molecule has 3 aromatic rings. The Kier molecular flexibility index (Phi) is 4.63. The molecule has 0 aliphatic carbocycles. The highest BCUT2D eigenvalue weighted by molar-refractivity contribution is 7.99. The number of thioether (sulfide) groups is 1. The Morgan fingerprint density at radius 3 is 2.62 bits per heavy atom. The number of aryl methyl sites for hydroxylation is 2. The Hall–Kier alpha value is -2.65. The first-order chi connectivity index (χ1) is 11.6. The van der Waals surface area contributed by atoms with Crippen molar-refractivity contribution in [3.63, 3.8) is 0 Å². The van der Waals surface area contributed by atoms with Crippen LogP contribution in [0, 0.1) is 25.2 Å². The number of nitriles is 1. The molecule has 0 fully saturated rings. The average molecular weight is 336 g/mol. The van der Waals surface area contributed by atoms with Crippen LogP contribution in [0.4, 0.5) is 0 Å².